The van der Waals surface area contributed by atoms with Crippen LogP contribution in [0.3, 0.4) is 0 Å². The van der Waals surface area contributed by atoms with Gasteiger partial charge in [-0.2, -0.15) is 0 Å². The Bertz CT molecular complexity index is 3690. The van der Waals surface area contributed by atoms with E-state index >= 15 is 0 Å². The Morgan fingerprint density at radius 3 is 1.66 bits per heavy atom. The third kappa shape index (κ3) is 5.02. The summed E-state index contributed by atoms with van der Waals surface area (Å²) in [5.74, 6) is 2.70. The number of hydrogen-bond donors (Lipinski definition) is 0. The molecule has 0 bridgehead atoms. The standard InChI is InChI=1S/C61H38N2O2/c1-3-18-39(19-4-1)42-22-10-15-30-53(42)63(41-34-35-47-46-26-11-16-31-54(46)62(56(47)36-41)40-20-5-2-6-21-40)55-32-17-33-57-60(55)65-58-37-48-45-25-9-14-29-51(45)61(52(48)38-59(58)64-57)49-27-12-7-23-43(49)44-24-8-13-28-50(44)61/h1-38H. The van der Waals surface area contributed by atoms with Crippen molar-refractivity contribution in [2.75, 3.05) is 4.90 Å². The van der Waals surface area contributed by atoms with Gasteiger partial charge < -0.3 is 18.9 Å². The van der Waals surface area contributed by atoms with Gasteiger partial charge in [0.25, 0.3) is 0 Å². The summed E-state index contributed by atoms with van der Waals surface area (Å²) in [5.41, 5.74) is 18.0. The maximum Gasteiger partial charge on any atom is 0.194 e. The SMILES string of the molecule is c1ccc(-c2ccccc2N(c2ccc3c4ccccc4n(-c4ccccc4)c3c2)c2cccc3c2Oc2cc4c(cc2O3)C2(c3ccccc3-c3ccccc32)c2ccccc2-4)cc1. The van der Waals surface area contributed by atoms with E-state index in [9.17, 15) is 0 Å². The molecule has 0 radical (unpaired) electrons. The number of aromatic nitrogens is 1. The molecule has 14 rings (SSSR count). The summed E-state index contributed by atoms with van der Waals surface area (Å²) in [7, 11) is 0. The summed E-state index contributed by atoms with van der Waals surface area (Å²) >= 11 is 0. The van der Waals surface area contributed by atoms with Crippen molar-refractivity contribution in [3.05, 3.63) is 253 Å². The minimum absolute atomic E-state index is 0.488. The Labute approximate surface area is 376 Å². The number of rotatable bonds is 5. The molecule has 1 aromatic heterocycles. The molecule has 0 unspecified atom stereocenters. The number of para-hydroxylation sites is 4. The zero-order valence-electron chi connectivity index (χ0n) is 35.2. The Morgan fingerprint density at radius 1 is 0.354 bits per heavy atom. The fourth-order valence-electron chi connectivity index (χ4n) is 11.2. The van der Waals surface area contributed by atoms with E-state index in [1.54, 1.807) is 0 Å². The Balaban J connectivity index is 0.980. The molecule has 10 aromatic carbocycles. The Morgan fingerprint density at radius 2 is 0.923 bits per heavy atom. The summed E-state index contributed by atoms with van der Waals surface area (Å²) in [6.07, 6.45) is 0. The van der Waals surface area contributed by atoms with Crippen LogP contribution < -0.4 is 14.4 Å². The fourth-order valence-corrected chi connectivity index (χ4v) is 11.2. The monoisotopic (exact) mass is 830 g/mol. The molecule has 0 saturated carbocycles. The summed E-state index contributed by atoms with van der Waals surface area (Å²) < 4.78 is 16.7. The van der Waals surface area contributed by atoms with Crippen molar-refractivity contribution in [3.8, 4) is 62.1 Å². The lowest BCUT2D eigenvalue weighted by atomic mass is 9.70. The summed E-state index contributed by atoms with van der Waals surface area (Å²) in [6.45, 7) is 0. The first-order chi connectivity index (χ1) is 32.3. The molecule has 4 heteroatoms. The zero-order chi connectivity index (χ0) is 42.6. The lowest BCUT2D eigenvalue weighted by Gasteiger charge is -2.33. The molecule has 0 N–H and O–H groups in total. The lowest BCUT2D eigenvalue weighted by Crippen LogP contribution is -2.25. The number of hydrogen-bond acceptors (Lipinski definition) is 3. The van der Waals surface area contributed by atoms with Gasteiger partial charge in [0.1, 0.15) is 0 Å². The van der Waals surface area contributed by atoms with Crippen molar-refractivity contribution in [2.45, 2.75) is 5.41 Å². The number of benzene rings is 10. The molecular weight excluding hydrogens is 793 g/mol. The maximum atomic E-state index is 7.27. The molecule has 0 amide bonds. The summed E-state index contributed by atoms with van der Waals surface area (Å²) in [4.78, 5) is 2.34. The average molecular weight is 831 g/mol. The van der Waals surface area contributed by atoms with Crippen LogP contribution in [0, 0.1) is 0 Å². The highest BCUT2D eigenvalue weighted by Crippen LogP contribution is 2.65. The van der Waals surface area contributed by atoms with E-state index < -0.39 is 5.41 Å². The summed E-state index contributed by atoms with van der Waals surface area (Å²) in [5, 5.41) is 2.40. The number of nitrogens with zero attached hydrogens (tertiary/aromatic N) is 2. The van der Waals surface area contributed by atoms with Gasteiger partial charge in [0.05, 0.1) is 27.8 Å². The Kier molecular flexibility index (Phi) is 7.57. The number of ether oxygens (including phenoxy) is 2. The van der Waals surface area contributed by atoms with Crippen LogP contribution in [0.25, 0.3) is 60.9 Å². The molecular formula is C61H38N2O2. The summed E-state index contributed by atoms with van der Waals surface area (Å²) in [6, 6.07) is 82.8. The molecule has 3 aliphatic rings. The zero-order valence-corrected chi connectivity index (χ0v) is 35.2. The van der Waals surface area contributed by atoms with Crippen molar-refractivity contribution < 1.29 is 9.47 Å². The fraction of sp³-hybridized carbons (Fsp3) is 0.0164. The lowest BCUT2D eigenvalue weighted by molar-refractivity contribution is 0.360. The van der Waals surface area contributed by atoms with Gasteiger partial charge in [0, 0.05) is 27.7 Å². The first-order valence-corrected chi connectivity index (χ1v) is 22.3. The van der Waals surface area contributed by atoms with Crippen LogP contribution in [0.1, 0.15) is 22.3 Å². The van der Waals surface area contributed by atoms with E-state index in [0.29, 0.717) is 23.0 Å². The van der Waals surface area contributed by atoms with Gasteiger partial charge in [-0.25, -0.2) is 0 Å². The first-order valence-electron chi connectivity index (χ1n) is 22.3. The van der Waals surface area contributed by atoms with Gasteiger partial charge in [0.2, 0.25) is 0 Å². The van der Waals surface area contributed by atoms with Gasteiger partial charge in [-0.05, 0) is 111 Å². The number of fused-ring (bicyclic) bond motifs is 15. The third-order valence-electron chi connectivity index (χ3n) is 13.9. The largest absolute Gasteiger partial charge is 0.449 e. The molecule has 2 aliphatic carbocycles. The second kappa shape index (κ2) is 13.7. The highest BCUT2D eigenvalue weighted by molar-refractivity contribution is 6.10. The molecule has 11 aromatic rings. The van der Waals surface area contributed by atoms with E-state index in [2.05, 4.69) is 234 Å². The maximum absolute atomic E-state index is 7.27. The van der Waals surface area contributed by atoms with Crippen LogP contribution in [0.4, 0.5) is 17.1 Å². The predicted molar refractivity (Wildman–Crippen MR) is 264 cm³/mol. The van der Waals surface area contributed by atoms with Crippen LogP contribution in [0.5, 0.6) is 23.0 Å². The van der Waals surface area contributed by atoms with E-state index in [1.165, 1.54) is 49.7 Å². The van der Waals surface area contributed by atoms with Gasteiger partial charge >= 0.3 is 0 Å². The second-order valence-electron chi connectivity index (χ2n) is 17.1. The topological polar surface area (TPSA) is 26.6 Å². The normalized spacial score (nSPS) is 13.3. The molecule has 0 fully saturated rings. The smallest absolute Gasteiger partial charge is 0.194 e. The van der Waals surface area contributed by atoms with Gasteiger partial charge in [-0.15, -0.1) is 0 Å². The van der Waals surface area contributed by atoms with Gasteiger partial charge in [-0.1, -0.05) is 170 Å². The molecule has 1 aliphatic heterocycles. The molecule has 4 nitrogen and oxygen atoms in total. The van der Waals surface area contributed by atoms with E-state index in [4.69, 9.17) is 9.47 Å². The second-order valence-corrected chi connectivity index (χ2v) is 17.1. The van der Waals surface area contributed by atoms with Gasteiger partial charge in [0.15, 0.2) is 23.0 Å². The highest BCUT2D eigenvalue weighted by Gasteiger charge is 2.52. The number of anilines is 3. The molecule has 2 heterocycles. The molecule has 0 atom stereocenters. The van der Waals surface area contributed by atoms with Crippen molar-refractivity contribution >= 4 is 38.9 Å². The van der Waals surface area contributed by atoms with Crippen molar-refractivity contribution in [1.29, 1.82) is 0 Å². The quantitative estimate of drug-likeness (QED) is 0.173. The van der Waals surface area contributed by atoms with Crippen molar-refractivity contribution in [3.63, 3.8) is 0 Å². The molecule has 65 heavy (non-hydrogen) atoms. The first kappa shape index (κ1) is 35.9. The van der Waals surface area contributed by atoms with Crippen LogP contribution in [-0.4, -0.2) is 4.57 Å². The van der Waals surface area contributed by atoms with Crippen LogP contribution in [-0.2, 0) is 5.41 Å². The van der Waals surface area contributed by atoms with Gasteiger partial charge in [-0.3, -0.25) is 0 Å². The van der Waals surface area contributed by atoms with Crippen molar-refractivity contribution in [1.82, 2.24) is 4.57 Å². The Hall–Kier alpha value is -8.60. The predicted octanol–water partition coefficient (Wildman–Crippen LogP) is 16.2. The van der Waals surface area contributed by atoms with Crippen LogP contribution >= 0.6 is 0 Å². The van der Waals surface area contributed by atoms with E-state index in [1.807, 2.05) is 6.07 Å². The molecule has 304 valence electrons. The third-order valence-corrected chi connectivity index (χ3v) is 13.9. The van der Waals surface area contributed by atoms with E-state index in [0.717, 1.165) is 50.5 Å². The minimum Gasteiger partial charge on any atom is -0.449 e. The van der Waals surface area contributed by atoms with Crippen molar-refractivity contribution in [2.24, 2.45) is 0 Å². The van der Waals surface area contributed by atoms with E-state index in [-0.39, 0.29) is 0 Å². The molecule has 1 spiro atoms. The minimum atomic E-state index is -0.488. The average Bonchev–Trinajstić information content (AvgIpc) is 3.97. The highest BCUT2D eigenvalue weighted by atomic mass is 16.6. The van der Waals surface area contributed by atoms with Crippen LogP contribution in [0.15, 0.2) is 231 Å². The van der Waals surface area contributed by atoms with Crippen LogP contribution in [0.2, 0.25) is 0 Å². The molecule has 0 saturated heterocycles.